The number of carbonyl (C=O) groups is 2. The Morgan fingerprint density at radius 2 is 2.18 bits per heavy atom. The van der Waals surface area contributed by atoms with Crippen molar-refractivity contribution in [2.24, 2.45) is 0 Å². The predicted molar refractivity (Wildman–Crippen MR) is 86.9 cm³/mol. The Hall–Kier alpha value is -2.08. The average Bonchev–Trinajstić information content (AvgIpc) is 2.92. The van der Waals surface area contributed by atoms with E-state index in [9.17, 15) is 9.59 Å². The number of amides is 3. The van der Waals surface area contributed by atoms with Crippen LogP contribution in [0.3, 0.4) is 0 Å². The first-order valence-electron chi connectivity index (χ1n) is 7.18. The van der Waals surface area contributed by atoms with Gasteiger partial charge in [-0.05, 0) is 31.5 Å². The number of hydrogen-bond donors (Lipinski definition) is 1. The van der Waals surface area contributed by atoms with Gasteiger partial charge < -0.3 is 5.32 Å². The van der Waals surface area contributed by atoms with Crippen LogP contribution >= 0.6 is 11.8 Å². The summed E-state index contributed by atoms with van der Waals surface area (Å²) in [6, 6.07) is 9.62. The predicted octanol–water partition coefficient (Wildman–Crippen LogP) is 2.58. The first-order chi connectivity index (χ1) is 10.6. The van der Waals surface area contributed by atoms with Gasteiger partial charge in [0, 0.05) is 18.5 Å². The lowest BCUT2D eigenvalue weighted by Crippen LogP contribution is -2.38. The van der Waals surface area contributed by atoms with Gasteiger partial charge in [0.05, 0.1) is 15.8 Å². The normalized spacial score (nSPS) is 15.9. The first-order valence-corrected chi connectivity index (χ1v) is 8.06. The first kappa shape index (κ1) is 14.8. The zero-order valence-electron chi connectivity index (χ0n) is 12.5. The molecule has 1 aliphatic rings. The van der Waals surface area contributed by atoms with Crippen molar-refractivity contribution in [2.45, 2.75) is 24.1 Å². The molecule has 0 bridgehead atoms. The average molecular weight is 315 g/mol. The summed E-state index contributed by atoms with van der Waals surface area (Å²) in [5.41, 5.74) is 2.05. The van der Waals surface area contributed by atoms with Crippen molar-refractivity contribution >= 4 is 34.6 Å². The van der Waals surface area contributed by atoms with Crippen molar-refractivity contribution in [1.29, 1.82) is 0 Å². The second kappa shape index (κ2) is 5.96. The fourth-order valence-corrected chi connectivity index (χ4v) is 3.50. The molecule has 2 aromatic rings. The number of nitrogens with zero attached hydrogens (tertiary/aromatic N) is 2. The highest BCUT2D eigenvalue weighted by atomic mass is 32.2. The number of fused-ring (bicyclic) bond motifs is 1. The maximum absolute atomic E-state index is 12.3. The number of benzene rings is 1. The molecule has 0 saturated carbocycles. The van der Waals surface area contributed by atoms with Gasteiger partial charge in [0.1, 0.15) is 0 Å². The standard InChI is InChI=1S/C16H17N3O2S/c1-10-9-14(18-13-6-4-3-5-12(10)13)22-11(2)15(20)19-8-7-17-16(19)21/h3-6,9,11H,7-8H2,1-2H3,(H,17,21). The fourth-order valence-electron chi connectivity index (χ4n) is 2.51. The third-order valence-corrected chi connectivity index (χ3v) is 4.67. The minimum absolute atomic E-state index is 0.174. The summed E-state index contributed by atoms with van der Waals surface area (Å²) in [6.45, 7) is 4.81. The molecule has 2 heterocycles. The van der Waals surface area contributed by atoms with Gasteiger partial charge in [0.25, 0.3) is 0 Å². The number of imide groups is 1. The quantitative estimate of drug-likeness (QED) is 0.884. The molecule has 5 nitrogen and oxygen atoms in total. The van der Waals surface area contributed by atoms with Crippen molar-refractivity contribution in [1.82, 2.24) is 15.2 Å². The Morgan fingerprint density at radius 1 is 1.41 bits per heavy atom. The molecule has 1 fully saturated rings. The van der Waals surface area contributed by atoms with Gasteiger partial charge in [0.2, 0.25) is 5.91 Å². The molecule has 3 amide bonds. The molecule has 6 heteroatoms. The van der Waals surface area contributed by atoms with Gasteiger partial charge in [-0.1, -0.05) is 30.0 Å². The maximum atomic E-state index is 12.3. The van der Waals surface area contributed by atoms with Gasteiger partial charge in [-0.2, -0.15) is 0 Å². The van der Waals surface area contributed by atoms with Crippen LogP contribution in [0, 0.1) is 6.92 Å². The Bertz CT molecular complexity index is 747. The smallest absolute Gasteiger partial charge is 0.324 e. The van der Waals surface area contributed by atoms with Crippen LogP contribution in [0.25, 0.3) is 10.9 Å². The lowest BCUT2D eigenvalue weighted by Gasteiger charge is -2.17. The summed E-state index contributed by atoms with van der Waals surface area (Å²) in [7, 11) is 0. The number of nitrogens with one attached hydrogen (secondary N) is 1. The van der Waals surface area contributed by atoms with E-state index in [2.05, 4.69) is 10.3 Å². The molecule has 1 N–H and O–H groups in total. The summed E-state index contributed by atoms with van der Waals surface area (Å²) in [6.07, 6.45) is 0. The van der Waals surface area contributed by atoms with Crippen molar-refractivity contribution in [3.63, 3.8) is 0 Å². The van der Waals surface area contributed by atoms with E-state index in [1.165, 1.54) is 16.7 Å². The molecule has 1 aliphatic heterocycles. The van der Waals surface area contributed by atoms with Crippen molar-refractivity contribution < 1.29 is 9.59 Å². The lowest BCUT2D eigenvalue weighted by atomic mass is 10.1. The summed E-state index contributed by atoms with van der Waals surface area (Å²) in [4.78, 5) is 29.8. The SMILES string of the molecule is Cc1cc(SC(C)C(=O)N2CCNC2=O)nc2ccccc12. The van der Waals surface area contributed by atoms with E-state index >= 15 is 0 Å². The van der Waals surface area contributed by atoms with Crippen LogP contribution < -0.4 is 5.32 Å². The molecule has 3 rings (SSSR count). The van der Waals surface area contributed by atoms with Crippen LogP contribution in [0.5, 0.6) is 0 Å². The minimum atomic E-state index is -0.350. The Morgan fingerprint density at radius 3 is 2.91 bits per heavy atom. The van der Waals surface area contributed by atoms with Crippen molar-refractivity contribution in [2.75, 3.05) is 13.1 Å². The van der Waals surface area contributed by atoms with E-state index in [4.69, 9.17) is 0 Å². The molecule has 1 atom stereocenters. The highest BCUT2D eigenvalue weighted by Gasteiger charge is 2.30. The molecule has 1 aromatic heterocycles. The third kappa shape index (κ3) is 2.78. The number of hydrogen-bond acceptors (Lipinski definition) is 4. The van der Waals surface area contributed by atoms with Gasteiger partial charge in [-0.3, -0.25) is 9.69 Å². The number of aryl methyl sites for hydroxylation is 1. The number of carbonyl (C=O) groups excluding carboxylic acids is 2. The molecular weight excluding hydrogens is 298 g/mol. The topological polar surface area (TPSA) is 62.3 Å². The third-order valence-electron chi connectivity index (χ3n) is 3.67. The van der Waals surface area contributed by atoms with Gasteiger partial charge >= 0.3 is 6.03 Å². The number of rotatable bonds is 3. The van der Waals surface area contributed by atoms with Gasteiger partial charge in [-0.15, -0.1) is 0 Å². The van der Waals surface area contributed by atoms with E-state index < -0.39 is 0 Å². The Labute approximate surface area is 133 Å². The number of pyridine rings is 1. The summed E-state index contributed by atoms with van der Waals surface area (Å²) in [5, 5.41) is 4.21. The van der Waals surface area contributed by atoms with Crippen molar-refractivity contribution in [3.05, 3.63) is 35.9 Å². The summed E-state index contributed by atoms with van der Waals surface area (Å²) in [5.74, 6) is -0.174. The zero-order valence-corrected chi connectivity index (χ0v) is 13.3. The summed E-state index contributed by atoms with van der Waals surface area (Å²) >= 11 is 1.39. The van der Waals surface area contributed by atoms with Crippen LogP contribution in [0.1, 0.15) is 12.5 Å². The van der Waals surface area contributed by atoms with E-state index in [1.807, 2.05) is 44.2 Å². The second-order valence-electron chi connectivity index (χ2n) is 5.28. The Kier molecular flexibility index (Phi) is 4.02. The van der Waals surface area contributed by atoms with Crippen LogP contribution in [0.15, 0.2) is 35.4 Å². The number of aromatic nitrogens is 1. The molecule has 0 spiro atoms. The highest BCUT2D eigenvalue weighted by molar-refractivity contribution is 8.00. The maximum Gasteiger partial charge on any atom is 0.324 e. The van der Waals surface area contributed by atoms with Crippen LogP contribution in [0.2, 0.25) is 0 Å². The van der Waals surface area contributed by atoms with Crippen LogP contribution in [-0.2, 0) is 4.79 Å². The molecule has 1 unspecified atom stereocenters. The largest absolute Gasteiger partial charge is 0.336 e. The van der Waals surface area contributed by atoms with E-state index in [1.54, 1.807) is 0 Å². The molecule has 0 aliphatic carbocycles. The monoisotopic (exact) mass is 315 g/mol. The molecule has 0 radical (unpaired) electrons. The van der Waals surface area contributed by atoms with E-state index in [0.717, 1.165) is 21.5 Å². The molecule has 114 valence electrons. The van der Waals surface area contributed by atoms with Gasteiger partial charge in [0.15, 0.2) is 0 Å². The zero-order chi connectivity index (χ0) is 15.7. The van der Waals surface area contributed by atoms with E-state index in [-0.39, 0.29) is 17.2 Å². The Balaban J connectivity index is 1.80. The van der Waals surface area contributed by atoms with Crippen LogP contribution in [-0.4, -0.2) is 40.2 Å². The molecule has 22 heavy (non-hydrogen) atoms. The van der Waals surface area contributed by atoms with Gasteiger partial charge in [-0.25, -0.2) is 9.78 Å². The number of urea groups is 1. The van der Waals surface area contributed by atoms with E-state index in [0.29, 0.717) is 13.1 Å². The lowest BCUT2D eigenvalue weighted by molar-refractivity contribution is -0.126. The molecular formula is C16H17N3O2S. The fraction of sp³-hybridized carbons (Fsp3) is 0.312. The second-order valence-corrected chi connectivity index (χ2v) is 6.64. The van der Waals surface area contributed by atoms with Crippen LogP contribution in [0.4, 0.5) is 4.79 Å². The highest BCUT2D eigenvalue weighted by Crippen LogP contribution is 2.27. The summed E-state index contributed by atoms with van der Waals surface area (Å²) < 4.78 is 0. The minimum Gasteiger partial charge on any atom is -0.336 e. The molecule has 1 saturated heterocycles. The number of thioether (sulfide) groups is 1. The molecule has 1 aromatic carbocycles. The number of para-hydroxylation sites is 1. The van der Waals surface area contributed by atoms with Crippen molar-refractivity contribution in [3.8, 4) is 0 Å².